The molecule has 0 heterocycles. The Morgan fingerprint density at radius 1 is 0.565 bits per heavy atom. The highest BCUT2D eigenvalue weighted by Gasteiger charge is 2.12. The number of nitrogens with zero attached hydrogens (tertiary/aromatic N) is 1. The van der Waals surface area contributed by atoms with E-state index in [9.17, 15) is 0 Å². The van der Waals surface area contributed by atoms with E-state index in [4.69, 9.17) is 0 Å². The molecule has 0 aliphatic carbocycles. The number of halogens is 2. The first-order valence-electron chi connectivity index (χ1n) is 7.47. The van der Waals surface area contributed by atoms with Crippen molar-refractivity contribution < 1.29 is 0 Å². The molecule has 0 spiro atoms. The van der Waals surface area contributed by atoms with Crippen LogP contribution in [0.2, 0.25) is 0 Å². The lowest BCUT2D eigenvalue weighted by molar-refractivity contribution is 1.25. The van der Waals surface area contributed by atoms with E-state index in [1.165, 1.54) is 22.5 Å². The number of benzene rings is 3. The van der Waals surface area contributed by atoms with E-state index >= 15 is 0 Å². The fraction of sp³-hybridized carbons (Fsp3) is 0.100. The largest absolute Gasteiger partial charge is 0.310 e. The molecule has 0 aromatic heterocycles. The van der Waals surface area contributed by atoms with Crippen LogP contribution >= 0.6 is 31.9 Å². The number of anilines is 3. The van der Waals surface area contributed by atoms with Gasteiger partial charge in [0.2, 0.25) is 0 Å². The summed E-state index contributed by atoms with van der Waals surface area (Å²) in [6, 6.07) is 27.7. The van der Waals surface area contributed by atoms with E-state index in [0.717, 1.165) is 16.3 Å². The van der Waals surface area contributed by atoms with Crippen LogP contribution in [-0.4, -0.2) is 0 Å². The molecule has 0 aliphatic rings. The van der Waals surface area contributed by atoms with Crippen molar-refractivity contribution in [2.75, 3.05) is 4.90 Å². The summed E-state index contributed by atoms with van der Waals surface area (Å²) in [5, 5.41) is 1.70. The fourth-order valence-corrected chi connectivity index (χ4v) is 3.28. The average molecular weight is 431 g/mol. The van der Waals surface area contributed by atoms with Gasteiger partial charge in [-0.1, -0.05) is 74.3 Å². The summed E-state index contributed by atoms with van der Waals surface area (Å²) in [5.41, 5.74) is 6.02. The molecule has 0 N–H and O–H groups in total. The number of alkyl halides is 2. The van der Waals surface area contributed by atoms with Crippen molar-refractivity contribution in [2.45, 2.75) is 10.7 Å². The summed E-state index contributed by atoms with van der Waals surface area (Å²) in [7, 11) is 0. The zero-order chi connectivity index (χ0) is 16.1. The monoisotopic (exact) mass is 429 g/mol. The summed E-state index contributed by atoms with van der Waals surface area (Å²) in [6.45, 7) is 0. The molecule has 0 aliphatic heterocycles. The predicted molar refractivity (Wildman–Crippen MR) is 106 cm³/mol. The Kier molecular flexibility index (Phi) is 5.52. The lowest BCUT2D eigenvalue weighted by Gasteiger charge is -2.26. The summed E-state index contributed by atoms with van der Waals surface area (Å²) in [6.07, 6.45) is 0. The number of rotatable bonds is 5. The van der Waals surface area contributed by atoms with Crippen molar-refractivity contribution in [3.05, 3.63) is 90.0 Å². The zero-order valence-electron chi connectivity index (χ0n) is 12.6. The average Bonchev–Trinajstić information content (AvgIpc) is 2.63. The Balaban J connectivity index is 2.13. The maximum Gasteiger partial charge on any atom is 0.0464 e. The van der Waals surface area contributed by atoms with Crippen molar-refractivity contribution in [2.24, 2.45) is 0 Å². The third-order valence-corrected chi connectivity index (χ3v) is 4.96. The first-order chi connectivity index (χ1) is 11.3. The lowest BCUT2D eigenvalue weighted by Crippen LogP contribution is -2.10. The Morgan fingerprint density at radius 3 is 1.52 bits per heavy atom. The van der Waals surface area contributed by atoms with Gasteiger partial charge < -0.3 is 4.90 Å². The molecule has 0 fully saturated rings. The normalized spacial score (nSPS) is 10.5. The van der Waals surface area contributed by atoms with Gasteiger partial charge in [-0.2, -0.15) is 0 Å². The van der Waals surface area contributed by atoms with E-state index in [-0.39, 0.29) is 0 Å². The first kappa shape index (κ1) is 16.3. The number of hydrogen-bond donors (Lipinski definition) is 0. The van der Waals surface area contributed by atoms with E-state index < -0.39 is 0 Å². The molecule has 3 rings (SSSR count). The Bertz CT molecular complexity index is 724. The van der Waals surface area contributed by atoms with Crippen LogP contribution in [0.1, 0.15) is 11.1 Å². The van der Waals surface area contributed by atoms with Gasteiger partial charge in [-0.05, 0) is 47.5 Å². The van der Waals surface area contributed by atoms with Crippen LogP contribution in [0.15, 0.2) is 78.9 Å². The van der Waals surface area contributed by atoms with Crippen molar-refractivity contribution >= 4 is 48.9 Å². The minimum atomic E-state index is 0.852. The van der Waals surface area contributed by atoms with Gasteiger partial charge in [0, 0.05) is 27.7 Å². The quantitative estimate of drug-likeness (QED) is 0.396. The SMILES string of the molecule is BrCc1cccc(N(c2ccccc2)c2cccc(CBr)c2)c1. The second-order valence-electron chi connectivity index (χ2n) is 5.28. The molecule has 3 heteroatoms. The van der Waals surface area contributed by atoms with E-state index in [0.29, 0.717) is 0 Å². The highest BCUT2D eigenvalue weighted by molar-refractivity contribution is 9.08. The Hall–Kier alpha value is -1.58. The van der Waals surface area contributed by atoms with Crippen LogP contribution in [0.4, 0.5) is 17.1 Å². The van der Waals surface area contributed by atoms with Gasteiger partial charge in [-0.15, -0.1) is 0 Å². The van der Waals surface area contributed by atoms with Crippen molar-refractivity contribution in [1.82, 2.24) is 0 Å². The maximum absolute atomic E-state index is 3.55. The van der Waals surface area contributed by atoms with Crippen LogP contribution in [0.25, 0.3) is 0 Å². The van der Waals surface area contributed by atoms with E-state index in [1.807, 2.05) is 6.07 Å². The van der Waals surface area contributed by atoms with Crippen LogP contribution < -0.4 is 4.90 Å². The van der Waals surface area contributed by atoms with E-state index in [2.05, 4.69) is 110 Å². The van der Waals surface area contributed by atoms with E-state index in [1.54, 1.807) is 0 Å². The van der Waals surface area contributed by atoms with Crippen LogP contribution in [-0.2, 0) is 10.7 Å². The summed E-state index contributed by atoms with van der Waals surface area (Å²) in [5.74, 6) is 0. The van der Waals surface area contributed by atoms with Gasteiger partial charge in [0.25, 0.3) is 0 Å². The molecule has 0 unspecified atom stereocenters. The standard InChI is InChI=1S/C20H17Br2N/c21-14-16-6-4-10-19(12-16)23(18-8-2-1-3-9-18)20-11-5-7-17(13-20)15-22/h1-13H,14-15H2. The lowest BCUT2D eigenvalue weighted by atomic mass is 10.1. The maximum atomic E-state index is 3.55. The second kappa shape index (κ2) is 7.80. The fourth-order valence-electron chi connectivity index (χ4n) is 2.58. The predicted octanol–water partition coefficient (Wildman–Crippen LogP) is 6.95. The molecule has 23 heavy (non-hydrogen) atoms. The number of hydrogen-bond acceptors (Lipinski definition) is 1. The highest BCUT2D eigenvalue weighted by atomic mass is 79.9. The molecule has 0 radical (unpaired) electrons. The molecular formula is C20H17Br2N. The molecule has 0 bridgehead atoms. The Labute approximate surface area is 154 Å². The van der Waals surface area contributed by atoms with Crippen molar-refractivity contribution in [3.8, 4) is 0 Å². The summed E-state index contributed by atoms with van der Waals surface area (Å²) >= 11 is 7.10. The second-order valence-corrected chi connectivity index (χ2v) is 6.40. The van der Waals surface area contributed by atoms with Crippen LogP contribution in [0, 0.1) is 0 Å². The zero-order valence-corrected chi connectivity index (χ0v) is 15.8. The minimum Gasteiger partial charge on any atom is -0.310 e. The third kappa shape index (κ3) is 3.85. The smallest absolute Gasteiger partial charge is 0.0464 e. The molecule has 3 aromatic rings. The summed E-state index contributed by atoms with van der Waals surface area (Å²) < 4.78 is 0. The molecule has 0 saturated heterocycles. The molecule has 0 atom stereocenters. The first-order valence-corrected chi connectivity index (χ1v) is 9.71. The highest BCUT2D eigenvalue weighted by Crippen LogP contribution is 2.35. The van der Waals surface area contributed by atoms with Crippen LogP contribution in [0.5, 0.6) is 0 Å². The van der Waals surface area contributed by atoms with Gasteiger partial charge in [-0.25, -0.2) is 0 Å². The molecular weight excluding hydrogens is 414 g/mol. The molecule has 3 aromatic carbocycles. The van der Waals surface area contributed by atoms with Gasteiger partial charge >= 0.3 is 0 Å². The minimum absolute atomic E-state index is 0.852. The Morgan fingerprint density at radius 2 is 1.04 bits per heavy atom. The molecule has 1 nitrogen and oxygen atoms in total. The van der Waals surface area contributed by atoms with Crippen molar-refractivity contribution in [3.63, 3.8) is 0 Å². The van der Waals surface area contributed by atoms with Crippen molar-refractivity contribution in [1.29, 1.82) is 0 Å². The van der Waals surface area contributed by atoms with Gasteiger partial charge in [-0.3, -0.25) is 0 Å². The number of para-hydroxylation sites is 1. The third-order valence-electron chi connectivity index (χ3n) is 3.66. The van der Waals surface area contributed by atoms with Gasteiger partial charge in [0.1, 0.15) is 0 Å². The van der Waals surface area contributed by atoms with Gasteiger partial charge in [0.15, 0.2) is 0 Å². The van der Waals surface area contributed by atoms with Gasteiger partial charge in [0.05, 0.1) is 0 Å². The molecule has 0 saturated carbocycles. The molecule has 116 valence electrons. The van der Waals surface area contributed by atoms with Crippen LogP contribution in [0.3, 0.4) is 0 Å². The molecule has 0 amide bonds. The summed E-state index contributed by atoms with van der Waals surface area (Å²) in [4.78, 5) is 2.29. The topological polar surface area (TPSA) is 3.24 Å².